The highest BCUT2D eigenvalue weighted by Crippen LogP contribution is 2.24. The maximum absolute atomic E-state index is 12.1. The number of alkyl carbamates (subject to hydrolysis) is 1. The highest BCUT2D eigenvalue weighted by Gasteiger charge is 2.31. The van der Waals surface area contributed by atoms with Crippen LogP contribution in [0.5, 0.6) is 5.75 Å². The molecule has 2 rings (SSSR count). The molecule has 126 valence electrons. The van der Waals surface area contributed by atoms with Gasteiger partial charge in [0.15, 0.2) is 0 Å². The molecular formula is C16H23N3O4. The van der Waals surface area contributed by atoms with Crippen LogP contribution in [0.15, 0.2) is 24.3 Å². The van der Waals surface area contributed by atoms with E-state index < -0.39 is 6.09 Å². The minimum Gasteiger partial charge on any atom is -0.497 e. The average Bonchev–Trinajstić information content (AvgIpc) is 2.87. The van der Waals surface area contributed by atoms with Gasteiger partial charge in [0.1, 0.15) is 12.4 Å². The maximum atomic E-state index is 12.1. The van der Waals surface area contributed by atoms with Crippen molar-refractivity contribution in [2.24, 2.45) is 0 Å². The van der Waals surface area contributed by atoms with Crippen molar-refractivity contribution < 1.29 is 19.1 Å². The minimum absolute atomic E-state index is 0.0197. The molecule has 2 amide bonds. The van der Waals surface area contributed by atoms with E-state index in [2.05, 4.69) is 5.32 Å². The predicted octanol–water partition coefficient (Wildman–Crippen LogP) is 1.09. The van der Waals surface area contributed by atoms with Gasteiger partial charge >= 0.3 is 6.09 Å². The molecule has 7 heteroatoms. The van der Waals surface area contributed by atoms with E-state index in [0.717, 1.165) is 11.4 Å². The Morgan fingerprint density at radius 3 is 2.65 bits per heavy atom. The average molecular weight is 321 g/mol. The molecule has 0 bridgehead atoms. The topological polar surface area (TPSA) is 71.1 Å². The van der Waals surface area contributed by atoms with Gasteiger partial charge in [0.25, 0.3) is 0 Å². The van der Waals surface area contributed by atoms with Crippen molar-refractivity contribution in [3.05, 3.63) is 24.3 Å². The van der Waals surface area contributed by atoms with E-state index in [1.807, 2.05) is 31.1 Å². The standard InChI is InChI=1S/C16H23N3O4/c1-18(2)8-9-23-16(21)17-12-10-15(20)19(11-12)13-4-6-14(22-3)7-5-13/h4-7,12H,8-11H2,1-3H3,(H,17,21)/t12-/m0/s1. The molecule has 0 radical (unpaired) electrons. The van der Waals surface area contributed by atoms with Gasteiger partial charge in [0, 0.05) is 25.2 Å². The smallest absolute Gasteiger partial charge is 0.407 e. The molecule has 1 atom stereocenters. The van der Waals surface area contributed by atoms with Gasteiger partial charge in [0.2, 0.25) is 5.91 Å². The highest BCUT2D eigenvalue weighted by atomic mass is 16.5. The summed E-state index contributed by atoms with van der Waals surface area (Å²) in [4.78, 5) is 27.4. The largest absolute Gasteiger partial charge is 0.497 e. The van der Waals surface area contributed by atoms with Crippen molar-refractivity contribution in [1.29, 1.82) is 0 Å². The summed E-state index contributed by atoms with van der Waals surface area (Å²) < 4.78 is 10.2. The van der Waals surface area contributed by atoms with Crippen molar-refractivity contribution in [3.63, 3.8) is 0 Å². The van der Waals surface area contributed by atoms with Crippen LogP contribution < -0.4 is 15.0 Å². The monoisotopic (exact) mass is 321 g/mol. The van der Waals surface area contributed by atoms with Crippen LogP contribution in [0, 0.1) is 0 Å². The van der Waals surface area contributed by atoms with E-state index in [1.54, 1.807) is 24.1 Å². The number of carbonyl (C=O) groups is 2. The number of anilines is 1. The molecule has 1 saturated heterocycles. The molecule has 1 aromatic carbocycles. The third-order valence-electron chi connectivity index (χ3n) is 3.60. The molecule has 1 N–H and O–H groups in total. The lowest BCUT2D eigenvalue weighted by Crippen LogP contribution is -2.38. The fraction of sp³-hybridized carbons (Fsp3) is 0.500. The molecule has 0 spiro atoms. The van der Waals surface area contributed by atoms with E-state index >= 15 is 0 Å². The molecule has 1 aliphatic rings. The van der Waals surface area contributed by atoms with E-state index in [-0.39, 0.29) is 18.4 Å². The molecule has 1 fully saturated rings. The number of nitrogens with zero attached hydrogens (tertiary/aromatic N) is 2. The van der Waals surface area contributed by atoms with Crippen LogP contribution in [-0.2, 0) is 9.53 Å². The Hall–Kier alpha value is -2.28. The van der Waals surface area contributed by atoms with Crippen LogP contribution in [0.2, 0.25) is 0 Å². The minimum atomic E-state index is -0.485. The Bertz CT molecular complexity index is 545. The van der Waals surface area contributed by atoms with E-state index in [9.17, 15) is 9.59 Å². The lowest BCUT2D eigenvalue weighted by molar-refractivity contribution is -0.117. The Labute approximate surface area is 136 Å². The van der Waals surface area contributed by atoms with Crippen molar-refractivity contribution in [3.8, 4) is 5.75 Å². The van der Waals surface area contributed by atoms with Gasteiger partial charge in [-0.3, -0.25) is 4.79 Å². The number of benzene rings is 1. The van der Waals surface area contributed by atoms with Crippen LogP contribution in [-0.4, -0.2) is 63.8 Å². The second-order valence-corrected chi connectivity index (χ2v) is 5.69. The molecule has 0 aromatic heterocycles. The fourth-order valence-corrected chi connectivity index (χ4v) is 2.35. The van der Waals surface area contributed by atoms with E-state index in [1.165, 1.54) is 0 Å². The number of carbonyl (C=O) groups excluding carboxylic acids is 2. The van der Waals surface area contributed by atoms with Gasteiger partial charge in [-0.25, -0.2) is 4.79 Å². The van der Waals surface area contributed by atoms with Gasteiger partial charge in [-0.1, -0.05) is 0 Å². The van der Waals surface area contributed by atoms with Gasteiger partial charge in [0.05, 0.1) is 13.2 Å². The number of ether oxygens (including phenoxy) is 2. The van der Waals surface area contributed by atoms with Crippen LogP contribution in [0.1, 0.15) is 6.42 Å². The van der Waals surface area contributed by atoms with Crippen LogP contribution in [0.4, 0.5) is 10.5 Å². The summed E-state index contributed by atoms with van der Waals surface area (Å²) in [7, 11) is 5.41. The van der Waals surface area contributed by atoms with Crippen molar-refractivity contribution in [2.75, 3.05) is 45.8 Å². The summed E-state index contributed by atoms with van der Waals surface area (Å²) in [5, 5.41) is 2.74. The van der Waals surface area contributed by atoms with E-state index in [0.29, 0.717) is 19.7 Å². The van der Waals surface area contributed by atoms with Crippen LogP contribution in [0.25, 0.3) is 0 Å². The third-order valence-corrected chi connectivity index (χ3v) is 3.60. The van der Waals surface area contributed by atoms with Crippen molar-refractivity contribution in [2.45, 2.75) is 12.5 Å². The maximum Gasteiger partial charge on any atom is 0.407 e. The second kappa shape index (κ2) is 7.82. The molecule has 0 saturated carbocycles. The Morgan fingerprint density at radius 2 is 2.04 bits per heavy atom. The summed E-state index contributed by atoms with van der Waals surface area (Å²) in [5.41, 5.74) is 0.793. The van der Waals surface area contributed by atoms with Gasteiger partial charge in [-0.2, -0.15) is 0 Å². The first-order valence-corrected chi connectivity index (χ1v) is 7.52. The first-order chi connectivity index (χ1) is 11.0. The number of hydrogen-bond donors (Lipinski definition) is 1. The van der Waals surface area contributed by atoms with Crippen LogP contribution in [0.3, 0.4) is 0 Å². The molecule has 1 heterocycles. The predicted molar refractivity (Wildman–Crippen MR) is 86.8 cm³/mol. The Morgan fingerprint density at radius 1 is 1.35 bits per heavy atom. The quantitative estimate of drug-likeness (QED) is 0.849. The summed E-state index contributed by atoms with van der Waals surface area (Å²) in [6.45, 7) is 1.42. The first-order valence-electron chi connectivity index (χ1n) is 7.52. The summed E-state index contributed by atoms with van der Waals surface area (Å²) >= 11 is 0. The second-order valence-electron chi connectivity index (χ2n) is 5.69. The van der Waals surface area contributed by atoms with Crippen LogP contribution >= 0.6 is 0 Å². The number of nitrogens with one attached hydrogen (secondary N) is 1. The molecule has 7 nitrogen and oxygen atoms in total. The Balaban J connectivity index is 1.85. The van der Waals surface area contributed by atoms with Crippen molar-refractivity contribution in [1.82, 2.24) is 10.2 Å². The molecule has 23 heavy (non-hydrogen) atoms. The normalized spacial score (nSPS) is 17.5. The SMILES string of the molecule is COc1ccc(N2C[C@@H](NC(=O)OCCN(C)C)CC2=O)cc1. The van der Waals surface area contributed by atoms with Gasteiger partial charge < -0.3 is 24.6 Å². The Kier molecular flexibility index (Phi) is 5.81. The van der Waals surface area contributed by atoms with E-state index in [4.69, 9.17) is 9.47 Å². The summed E-state index contributed by atoms with van der Waals surface area (Å²) in [5.74, 6) is 0.716. The number of hydrogen-bond acceptors (Lipinski definition) is 5. The number of methoxy groups -OCH3 is 1. The van der Waals surface area contributed by atoms with Crippen molar-refractivity contribution >= 4 is 17.7 Å². The molecule has 0 unspecified atom stereocenters. The third kappa shape index (κ3) is 4.85. The highest BCUT2D eigenvalue weighted by molar-refractivity contribution is 5.96. The summed E-state index contributed by atoms with van der Waals surface area (Å²) in [6, 6.07) is 7.03. The van der Waals surface area contributed by atoms with Gasteiger partial charge in [-0.05, 0) is 38.4 Å². The van der Waals surface area contributed by atoms with Gasteiger partial charge in [-0.15, -0.1) is 0 Å². The fourth-order valence-electron chi connectivity index (χ4n) is 2.35. The number of amides is 2. The summed E-state index contributed by atoms with van der Waals surface area (Å²) in [6.07, 6.45) is -0.212. The number of rotatable bonds is 6. The molecule has 0 aliphatic carbocycles. The molecular weight excluding hydrogens is 298 g/mol. The lowest BCUT2D eigenvalue weighted by atomic mass is 10.2. The zero-order valence-electron chi connectivity index (χ0n) is 13.7. The first kappa shape index (κ1) is 17.1. The lowest BCUT2D eigenvalue weighted by Gasteiger charge is -2.17. The zero-order chi connectivity index (χ0) is 16.8. The molecule has 1 aliphatic heterocycles. The zero-order valence-corrected chi connectivity index (χ0v) is 13.7. The molecule has 1 aromatic rings. The number of likely N-dealkylation sites (N-methyl/N-ethyl adjacent to an activating group) is 1.